The number of likely N-dealkylation sites (tertiary alicyclic amines) is 2. The van der Waals surface area contributed by atoms with Crippen LogP contribution in [0.4, 0.5) is 17.1 Å². The van der Waals surface area contributed by atoms with E-state index in [1.54, 1.807) is 33.1 Å². The molecule has 1 saturated carbocycles. The van der Waals surface area contributed by atoms with Crippen molar-refractivity contribution >= 4 is 79.0 Å². The van der Waals surface area contributed by atoms with Gasteiger partial charge < -0.3 is 64.0 Å². The Hall–Kier alpha value is -9.05. The number of rotatable bonds is 19. The molecule has 10 heterocycles. The summed E-state index contributed by atoms with van der Waals surface area (Å²) in [6, 6.07) is 38.7. The largest absolute Gasteiger partial charge is 0.497 e. The van der Waals surface area contributed by atoms with E-state index in [4.69, 9.17) is 38.4 Å². The van der Waals surface area contributed by atoms with Gasteiger partial charge in [0, 0.05) is 110 Å². The average Bonchev–Trinajstić information content (AvgIpc) is 0.777. The molecule has 20 heteroatoms. The monoisotopic (exact) mass is 1490 g/mol. The Morgan fingerprint density at radius 3 is 1.89 bits per heavy atom. The van der Waals surface area contributed by atoms with Crippen LogP contribution in [-0.2, 0) is 59.6 Å². The topological polar surface area (TPSA) is 194 Å². The van der Waals surface area contributed by atoms with Crippen molar-refractivity contribution in [2.75, 3.05) is 127 Å². The Balaban J connectivity index is 0.000000124. The lowest BCUT2D eigenvalue weighted by Crippen LogP contribution is -2.43. The van der Waals surface area contributed by atoms with Crippen LogP contribution in [0.25, 0.3) is 32.7 Å². The molecule has 3 fully saturated rings. The highest BCUT2D eigenvalue weighted by atomic mass is 32.2. The number of piperidine rings is 2. The van der Waals surface area contributed by atoms with E-state index in [2.05, 4.69) is 126 Å². The minimum atomic E-state index is -0.0744. The highest BCUT2D eigenvalue weighted by Crippen LogP contribution is 2.43. The summed E-state index contributed by atoms with van der Waals surface area (Å²) < 4.78 is 33.5. The number of carbonyl (C=O) groups excluding carboxylic acids is 3. The lowest BCUT2D eigenvalue weighted by atomic mass is 9.81. The number of Topliss-reactive ketones (excluding diaryl/α,β-unsaturated/α-hetero) is 2. The van der Waals surface area contributed by atoms with Crippen molar-refractivity contribution in [1.29, 1.82) is 0 Å². The molecule has 2 saturated heterocycles. The molecule has 570 valence electrons. The summed E-state index contributed by atoms with van der Waals surface area (Å²) in [6.45, 7) is 13.7. The van der Waals surface area contributed by atoms with Gasteiger partial charge in [0.1, 0.15) is 47.7 Å². The third-order valence-corrected chi connectivity index (χ3v) is 25.3. The first-order valence-corrected chi connectivity index (χ1v) is 41.0. The van der Waals surface area contributed by atoms with Crippen LogP contribution in [0.1, 0.15) is 127 Å². The minimum absolute atomic E-state index is 0.0744. The zero-order valence-electron chi connectivity index (χ0n) is 63.6. The molecular formula is C89H104N10O9S. The maximum Gasteiger partial charge on any atom is 0.262 e. The van der Waals surface area contributed by atoms with E-state index in [0.29, 0.717) is 54.9 Å². The fourth-order valence-electron chi connectivity index (χ4n) is 18.2. The van der Waals surface area contributed by atoms with Crippen molar-refractivity contribution in [3.63, 3.8) is 0 Å². The highest BCUT2D eigenvalue weighted by molar-refractivity contribution is 8.00. The van der Waals surface area contributed by atoms with Crippen molar-refractivity contribution in [2.24, 2.45) is 11.8 Å². The highest BCUT2D eigenvalue weighted by Gasteiger charge is 2.32. The van der Waals surface area contributed by atoms with E-state index < -0.39 is 0 Å². The summed E-state index contributed by atoms with van der Waals surface area (Å²) >= 11 is 1.67. The molecule has 6 aromatic carbocycles. The van der Waals surface area contributed by atoms with Crippen LogP contribution in [0.5, 0.6) is 34.5 Å². The molecule has 1 unspecified atom stereocenters. The van der Waals surface area contributed by atoms with Gasteiger partial charge in [-0.3, -0.25) is 29.3 Å². The zero-order valence-corrected chi connectivity index (χ0v) is 64.4. The number of aromatic nitrogens is 3. The molecule has 7 aliphatic heterocycles. The second-order valence-corrected chi connectivity index (χ2v) is 32.4. The standard InChI is InChI=1S/C30H36N4O3.C30H35N3O3.C29H33N3O3S/c1-36-24-7-8-26-25(18-24)30-23(19-31-26)3-2-12-34(30)16-15-33-13-10-21(11-14-33)4-5-22-6-9-28-27(17-22)32-29(35)20-37-28;1-35-26-6-7-28-27(15-26)30-21(17-32-28)3-2-4-22(30)18-33-11-9-24(10-12-33)31-16-20-5-8-29-23(13-20)14-25(34)19-36-29;1-34-24-7-8-26-25(14-24)29-27(16-31-26)35-11-10-32(29)17-19-2-5-22(6-3-19)30-15-20-4-9-28-21(12-20)13-23(33)18-36-28/h6-9,17-19,21H,2-5,10-16,20H2,1H3,(H,32,35);5-8,13,15,17,22,24,31H,2-4,9-12,14,16,18-19H2,1H3;4,7-9,12,14,16,19,22,30H,2-3,5-6,10-11,13,15,17-18H2,1H3. The smallest absolute Gasteiger partial charge is 0.262 e. The summed E-state index contributed by atoms with van der Waals surface area (Å²) in [7, 11) is 5.17. The molecule has 1 amide bonds. The van der Waals surface area contributed by atoms with Crippen molar-refractivity contribution < 1.29 is 42.8 Å². The Labute approximate surface area is 644 Å². The number of anilines is 3. The predicted molar refractivity (Wildman–Crippen MR) is 432 cm³/mol. The maximum absolute atomic E-state index is 11.8. The van der Waals surface area contributed by atoms with Gasteiger partial charge in [0.15, 0.2) is 18.1 Å². The van der Waals surface area contributed by atoms with Crippen molar-refractivity contribution in [1.82, 2.24) is 35.4 Å². The summed E-state index contributed by atoms with van der Waals surface area (Å²) in [5, 5.41) is 14.0. The van der Waals surface area contributed by atoms with E-state index in [9.17, 15) is 14.4 Å². The molecule has 109 heavy (non-hydrogen) atoms. The molecule has 19 nitrogen and oxygen atoms in total. The van der Waals surface area contributed by atoms with Gasteiger partial charge in [-0.2, -0.15) is 0 Å². The predicted octanol–water partition coefficient (Wildman–Crippen LogP) is 14.1. The molecule has 0 bridgehead atoms. The van der Waals surface area contributed by atoms with Crippen LogP contribution in [0.15, 0.2) is 133 Å². The lowest BCUT2D eigenvalue weighted by molar-refractivity contribution is -0.121. The molecule has 0 spiro atoms. The Bertz CT molecular complexity index is 4550. The second-order valence-electron chi connectivity index (χ2n) is 31.4. The van der Waals surface area contributed by atoms with E-state index in [1.807, 2.05) is 42.6 Å². The van der Waals surface area contributed by atoms with Gasteiger partial charge in [0.2, 0.25) is 0 Å². The first-order valence-electron chi connectivity index (χ1n) is 40.0. The van der Waals surface area contributed by atoms with E-state index in [-0.39, 0.29) is 24.9 Å². The molecule has 3 aromatic heterocycles. The maximum atomic E-state index is 11.8. The number of aryl methyl sites for hydroxylation is 3. The number of amides is 1. The van der Waals surface area contributed by atoms with Crippen LogP contribution in [0.3, 0.4) is 0 Å². The molecule has 0 radical (unpaired) electrons. The van der Waals surface area contributed by atoms with Crippen molar-refractivity contribution in [3.05, 3.63) is 172 Å². The molecule has 1 atom stereocenters. The van der Waals surface area contributed by atoms with Crippen molar-refractivity contribution in [3.8, 4) is 34.5 Å². The van der Waals surface area contributed by atoms with Crippen LogP contribution in [-0.4, -0.2) is 167 Å². The minimum Gasteiger partial charge on any atom is -0.497 e. The number of benzene rings is 6. The molecule has 3 N–H and O–H groups in total. The number of thioether (sulfide) groups is 1. The summed E-state index contributed by atoms with van der Waals surface area (Å²) in [5.41, 5.74) is 16.7. The Morgan fingerprint density at radius 2 is 1.14 bits per heavy atom. The van der Waals surface area contributed by atoms with Gasteiger partial charge in [-0.1, -0.05) is 30.3 Å². The fourth-order valence-corrected chi connectivity index (χ4v) is 19.1. The zero-order chi connectivity index (χ0) is 74.2. The first kappa shape index (κ1) is 74.1. The number of ether oxygens (including phenoxy) is 6. The number of nitrogens with zero attached hydrogens (tertiary/aromatic N) is 7. The van der Waals surface area contributed by atoms with Gasteiger partial charge in [-0.05, 0) is 258 Å². The molecule has 9 aromatic rings. The number of methoxy groups -OCH3 is 3. The Kier molecular flexibility index (Phi) is 23.4. The number of carbonyl (C=O) groups is 3. The molecule has 2 aliphatic carbocycles. The normalized spacial score (nSPS) is 20.1. The third-order valence-electron chi connectivity index (χ3n) is 24.2. The van der Waals surface area contributed by atoms with Crippen molar-refractivity contribution in [2.45, 2.75) is 145 Å². The van der Waals surface area contributed by atoms with Gasteiger partial charge in [0.05, 0.1) is 73.4 Å². The SMILES string of the molecule is COc1ccc2ncc3c(c2c1)C(CN1CCC(NCc2ccc4c(c2)CC(=O)CO4)CC1)CCC3.COc1ccc2ncc3c(c2c1)N(CC1CCC(NCc2ccc4c(c2)CC(=O)CS4)CC1)CCO3.COc1ccc2ncc3c(c2c1)N(CCN1CCC(CCc2ccc4c(c2)NC(=O)CO4)CC1)CCC3. The number of hydrogen-bond acceptors (Lipinski definition) is 19. The van der Waals surface area contributed by atoms with Crippen LogP contribution >= 0.6 is 11.8 Å². The van der Waals surface area contributed by atoms with E-state index in [0.717, 1.165) is 177 Å². The van der Waals surface area contributed by atoms with Crippen LogP contribution in [0, 0.1) is 11.8 Å². The fraction of sp³-hybridized carbons (Fsp3) is 0.461. The van der Waals surface area contributed by atoms with E-state index in [1.165, 1.54) is 138 Å². The summed E-state index contributed by atoms with van der Waals surface area (Å²) in [4.78, 5) is 60.9. The molecular weight excluding hydrogens is 1390 g/mol. The summed E-state index contributed by atoms with van der Waals surface area (Å²) in [6.07, 6.45) is 25.0. The van der Waals surface area contributed by atoms with Gasteiger partial charge in [-0.25, -0.2) is 0 Å². The van der Waals surface area contributed by atoms with Gasteiger partial charge >= 0.3 is 0 Å². The number of ketones is 2. The molecule has 9 aliphatic rings. The second kappa shape index (κ2) is 34.5. The number of hydrogen-bond donors (Lipinski definition) is 3. The Morgan fingerprint density at radius 1 is 0.505 bits per heavy atom. The number of pyridine rings is 3. The average molecular weight is 1490 g/mol. The molecule has 18 rings (SSSR count). The first-order chi connectivity index (χ1) is 53.5. The lowest BCUT2D eigenvalue weighted by Gasteiger charge is -2.37. The van der Waals surface area contributed by atoms with Crippen LogP contribution in [0.2, 0.25) is 0 Å². The number of fused-ring (bicyclic) bond motifs is 12. The van der Waals surface area contributed by atoms with Crippen LogP contribution < -0.4 is 54.2 Å². The quantitative estimate of drug-likeness (QED) is 0.0691. The van der Waals surface area contributed by atoms with E-state index >= 15 is 0 Å². The van der Waals surface area contributed by atoms with Gasteiger partial charge in [-0.15, -0.1) is 11.8 Å². The third kappa shape index (κ3) is 17.7. The van der Waals surface area contributed by atoms with Gasteiger partial charge in [0.25, 0.3) is 5.91 Å². The number of nitrogens with one attached hydrogen (secondary N) is 3. The summed E-state index contributed by atoms with van der Waals surface area (Å²) in [5.74, 6) is 8.18.